The topological polar surface area (TPSA) is 61.8 Å². The molecule has 0 aliphatic rings. The van der Waals surface area contributed by atoms with Crippen LogP contribution in [0.2, 0.25) is 0 Å². The third-order valence-electron chi connectivity index (χ3n) is 1.47. The Balaban J connectivity index is 3.84. The van der Waals surface area contributed by atoms with Gasteiger partial charge in [-0.3, -0.25) is 4.57 Å². The molecule has 0 rings (SSSR count). The van der Waals surface area contributed by atoms with E-state index in [0.29, 0.717) is 0 Å². The van der Waals surface area contributed by atoms with Gasteiger partial charge < -0.3 is 13.8 Å². The summed E-state index contributed by atoms with van der Waals surface area (Å²) in [7, 11) is -0.478. The molecule has 6 heteroatoms. The van der Waals surface area contributed by atoms with Crippen molar-refractivity contribution in [2.24, 2.45) is 0 Å². The largest absolute Gasteiger partial charge is 0.462 e. The lowest BCUT2D eigenvalue weighted by Crippen LogP contribution is -2.07. The summed E-state index contributed by atoms with van der Waals surface area (Å²) in [6.45, 7) is 1.72. The van der Waals surface area contributed by atoms with Crippen molar-refractivity contribution < 1.29 is 23.1 Å². The minimum Gasteiger partial charge on any atom is -0.462 e. The van der Waals surface area contributed by atoms with Crippen LogP contribution in [0.15, 0.2) is 12.2 Å². The van der Waals surface area contributed by atoms with Gasteiger partial charge >= 0.3 is 13.6 Å². The van der Waals surface area contributed by atoms with Gasteiger partial charge in [-0.05, 0) is 6.92 Å². The SMILES string of the molecule is CC=CC(=O)OCCP(=O)(OC)OC. The monoisotopic (exact) mass is 222 g/mol. The van der Waals surface area contributed by atoms with Crippen molar-refractivity contribution in [1.29, 1.82) is 0 Å². The van der Waals surface area contributed by atoms with E-state index in [4.69, 9.17) is 4.74 Å². The van der Waals surface area contributed by atoms with E-state index < -0.39 is 13.6 Å². The van der Waals surface area contributed by atoms with E-state index in [0.717, 1.165) is 0 Å². The highest BCUT2D eigenvalue weighted by atomic mass is 31.2. The van der Waals surface area contributed by atoms with Gasteiger partial charge in [-0.15, -0.1) is 0 Å². The van der Waals surface area contributed by atoms with E-state index in [2.05, 4.69) is 9.05 Å². The van der Waals surface area contributed by atoms with Gasteiger partial charge in [-0.25, -0.2) is 4.79 Å². The molecule has 0 radical (unpaired) electrons. The van der Waals surface area contributed by atoms with Gasteiger partial charge in [0.1, 0.15) is 6.61 Å². The number of carbonyl (C=O) groups excluding carboxylic acids is 1. The van der Waals surface area contributed by atoms with Crippen molar-refractivity contribution in [2.45, 2.75) is 6.92 Å². The number of allylic oxidation sites excluding steroid dienone is 1. The second-order valence-corrected chi connectivity index (χ2v) is 4.77. The van der Waals surface area contributed by atoms with Crippen molar-refractivity contribution in [1.82, 2.24) is 0 Å². The summed E-state index contributed by atoms with van der Waals surface area (Å²) in [5.41, 5.74) is 0. The third-order valence-corrected chi connectivity index (χ3v) is 3.31. The van der Waals surface area contributed by atoms with E-state index >= 15 is 0 Å². The standard InChI is InChI=1S/C8H15O5P/c1-4-5-8(9)13-6-7-14(10,11-2)12-3/h4-5H,6-7H2,1-3H3. The lowest BCUT2D eigenvalue weighted by Gasteiger charge is -2.12. The molecule has 0 aromatic rings. The Bertz CT molecular complexity index is 240. The number of carbonyl (C=O) groups is 1. The van der Waals surface area contributed by atoms with Crippen LogP contribution in [0.1, 0.15) is 6.92 Å². The van der Waals surface area contributed by atoms with E-state index in [-0.39, 0.29) is 12.8 Å². The number of ether oxygens (including phenoxy) is 1. The first-order valence-electron chi connectivity index (χ1n) is 4.08. The second kappa shape index (κ2) is 6.76. The molecule has 0 fully saturated rings. The zero-order valence-corrected chi connectivity index (χ0v) is 9.45. The Morgan fingerprint density at radius 1 is 1.36 bits per heavy atom. The summed E-state index contributed by atoms with van der Waals surface area (Å²) in [5, 5.41) is 0. The van der Waals surface area contributed by atoms with E-state index in [9.17, 15) is 9.36 Å². The first-order valence-corrected chi connectivity index (χ1v) is 5.80. The molecular formula is C8H15O5P. The third kappa shape index (κ3) is 5.17. The van der Waals surface area contributed by atoms with Crippen LogP contribution in [0.5, 0.6) is 0 Å². The maximum absolute atomic E-state index is 11.4. The summed E-state index contributed by atoms with van der Waals surface area (Å²) in [5.74, 6) is -0.466. The van der Waals surface area contributed by atoms with Gasteiger partial charge in [0.15, 0.2) is 0 Å². The fourth-order valence-electron chi connectivity index (χ4n) is 0.699. The molecule has 0 amide bonds. The van der Waals surface area contributed by atoms with Crippen molar-refractivity contribution in [3.63, 3.8) is 0 Å². The lowest BCUT2D eigenvalue weighted by atomic mass is 10.5. The molecule has 0 atom stereocenters. The molecule has 82 valence electrons. The molecule has 0 spiro atoms. The molecule has 0 bridgehead atoms. The predicted molar refractivity (Wildman–Crippen MR) is 52.3 cm³/mol. The van der Waals surface area contributed by atoms with Crippen LogP contribution in [0, 0.1) is 0 Å². The van der Waals surface area contributed by atoms with Crippen LogP contribution in [0.4, 0.5) is 0 Å². The molecule has 0 aliphatic carbocycles. The van der Waals surface area contributed by atoms with Gasteiger partial charge in [0, 0.05) is 20.3 Å². The molecule has 0 N–H and O–H groups in total. The molecule has 0 aromatic carbocycles. The number of esters is 1. The molecule has 0 aliphatic heterocycles. The Morgan fingerprint density at radius 3 is 2.36 bits per heavy atom. The van der Waals surface area contributed by atoms with Gasteiger partial charge in [-0.1, -0.05) is 6.08 Å². The average molecular weight is 222 g/mol. The van der Waals surface area contributed by atoms with Gasteiger partial charge in [0.05, 0.1) is 6.16 Å². The molecule has 0 unspecified atom stereocenters. The highest BCUT2D eigenvalue weighted by molar-refractivity contribution is 7.53. The minimum atomic E-state index is -3.06. The first kappa shape index (κ1) is 13.4. The minimum absolute atomic E-state index is 0.0160. The maximum atomic E-state index is 11.4. The van der Waals surface area contributed by atoms with Crippen molar-refractivity contribution in [3.05, 3.63) is 12.2 Å². The van der Waals surface area contributed by atoms with E-state index in [1.54, 1.807) is 13.0 Å². The molecule has 0 saturated carbocycles. The summed E-state index contributed by atoms with van der Waals surface area (Å²) >= 11 is 0. The number of hydrogen-bond donors (Lipinski definition) is 0. The molecule has 5 nitrogen and oxygen atoms in total. The van der Waals surface area contributed by atoms with Crippen LogP contribution in [-0.2, 0) is 23.1 Å². The summed E-state index contributed by atoms with van der Waals surface area (Å²) < 4.78 is 25.5. The molecule has 0 aromatic heterocycles. The first-order chi connectivity index (χ1) is 6.58. The number of rotatable bonds is 6. The average Bonchev–Trinajstić information content (AvgIpc) is 2.18. The predicted octanol–water partition coefficient (Wildman–Crippen LogP) is 1.59. The summed E-state index contributed by atoms with van der Waals surface area (Å²) in [6, 6.07) is 0. The van der Waals surface area contributed by atoms with Gasteiger partial charge in [0.2, 0.25) is 0 Å². The molecule has 0 heterocycles. The second-order valence-electron chi connectivity index (χ2n) is 2.37. The molecular weight excluding hydrogens is 207 g/mol. The normalized spacial score (nSPS) is 11.9. The highest BCUT2D eigenvalue weighted by Gasteiger charge is 2.20. The summed E-state index contributed by atoms with van der Waals surface area (Å²) in [6.07, 6.45) is 2.91. The van der Waals surface area contributed by atoms with Crippen LogP contribution < -0.4 is 0 Å². The van der Waals surface area contributed by atoms with Crippen LogP contribution in [-0.4, -0.2) is 33.0 Å². The molecule has 14 heavy (non-hydrogen) atoms. The fraction of sp³-hybridized carbons (Fsp3) is 0.625. The van der Waals surface area contributed by atoms with Crippen molar-refractivity contribution in [3.8, 4) is 0 Å². The Labute approximate surface area is 83.6 Å². The highest BCUT2D eigenvalue weighted by Crippen LogP contribution is 2.45. The Morgan fingerprint density at radius 2 is 1.93 bits per heavy atom. The quantitative estimate of drug-likeness (QED) is 0.388. The fourth-order valence-corrected chi connectivity index (χ4v) is 1.53. The molecule has 0 saturated heterocycles. The maximum Gasteiger partial charge on any atom is 0.333 e. The van der Waals surface area contributed by atoms with Crippen LogP contribution in [0.25, 0.3) is 0 Å². The van der Waals surface area contributed by atoms with Crippen LogP contribution in [0.3, 0.4) is 0 Å². The van der Waals surface area contributed by atoms with E-state index in [1.807, 2.05) is 0 Å². The zero-order chi connectivity index (χ0) is 11.0. The van der Waals surface area contributed by atoms with Gasteiger partial charge in [-0.2, -0.15) is 0 Å². The zero-order valence-electron chi connectivity index (χ0n) is 8.56. The Kier molecular flexibility index (Phi) is 6.45. The van der Waals surface area contributed by atoms with Crippen molar-refractivity contribution in [2.75, 3.05) is 27.0 Å². The van der Waals surface area contributed by atoms with Crippen molar-refractivity contribution >= 4 is 13.6 Å². The van der Waals surface area contributed by atoms with Gasteiger partial charge in [0.25, 0.3) is 0 Å². The smallest absolute Gasteiger partial charge is 0.333 e. The number of hydrogen-bond acceptors (Lipinski definition) is 5. The van der Waals surface area contributed by atoms with Crippen LogP contribution >= 0.6 is 7.60 Å². The summed E-state index contributed by atoms with van der Waals surface area (Å²) in [4.78, 5) is 10.8. The Hall–Kier alpha value is -0.640. The lowest BCUT2D eigenvalue weighted by molar-refractivity contribution is -0.137. The van der Waals surface area contributed by atoms with E-state index in [1.165, 1.54) is 20.3 Å².